The third-order valence-corrected chi connectivity index (χ3v) is 6.58. The zero-order chi connectivity index (χ0) is 19.4. The Morgan fingerprint density at radius 3 is 2.78 bits per heavy atom. The standard InChI is InChI=1S/C20H23N3O2S2/c1-12(15-7-5-4-6-8-15)9-21-17(24)11-26-10-16-22-19(25)18-13(2)14(3)27-20(18)23-16/h4-8,12H,9-11H2,1-3H3,(H,21,24)(H,22,23,25)/t12-/m0/s1. The molecule has 142 valence electrons. The molecule has 7 heteroatoms. The number of aromatic nitrogens is 2. The van der Waals surface area contributed by atoms with E-state index in [1.807, 2.05) is 32.0 Å². The molecule has 27 heavy (non-hydrogen) atoms. The Hall–Kier alpha value is -2.12. The lowest BCUT2D eigenvalue weighted by atomic mass is 10.0. The molecule has 0 saturated heterocycles. The number of rotatable bonds is 7. The van der Waals surface area contributed by atoms with Crippen molar-refractivity contribution in [2.45, 2.75) is 32.4 Å². The lowest BCUT2D eigenvalue weighted by molar-refractivity contribution is -0.118. The van der Waals surface area contributed by atoms with E-state index in [0.29, 0.717) is 29.3 Å². The number of aromatic amines is 1. The molecule has 1 atom stereocenters. The van der Waals surface area contributed by atoms with Crippen LogP contribution in [0.3, 0.4) is 0 Å². The van der Waals surface area contributed by atoms with Gasteiger partial charge in [0.2, 0.25) is 5.91 Å². The third kappa shape index (κ3) is 4.78. The Balaban J connectivity index is 1.50. The topological polar surface area (TPSA) is 74.8 Å². The zero-order valence-corrected chi connectivity index (χ0v) is 17.3. The SMILES string of the molecule is Cc1sc2nc(CSCC(=O)NC[C@H](C)c3ccccc3)[nH]c(=O)c2c1C. The minimum atomic E-state index is -0.0985. The molecule has 0 radical (unpaired) electrons. The van der Waals surface area contributed by atoms with Crippen LogP contribution in [0.2, 0.25) is 0 Å². The maximum absolute atomic E-state index is 12.3. The van der Waals surface area contributed by atoms with Crippen molar-refractivity contribution in [1.82, 2.24) is 15.3 Å². The van der Waals surface area contributed by atoms with Crippen LogP contribution in [0.1, 0.15) is 34.7 Å². The van der Waals surface area contributed by atoms with Gasteiger partial charge < -0.3 is 10.3 Å². The highest BCUT2D eigenvalue weighted by Gasteiger charge is 2.12. The van der Waals surface area contributed by atoms with Crippen molar-refractivity contribution in [3.8, 4) is 0 Å². The normalized spacial score (nSPS) is 12.3. The van der Waals surface area contributed by atoms with Gasteiger partial charge in [0, 0.05) is 11.4 Å². The number of hydrogen-bond donors (Lipinski definition) is 2. The maximum Gasteiger partial charge on any atom is 0.259 e. The summed E-state index contributed by atoms with van der Waals surface area (Å²) in [6.07, 6.45) is 0. The summed E-state index contributed by atoms with van der Waals surface area (Å²) < 4.78 is 0. The molecule has 1 amide bonds. The van der Waals surface area contributed by atoms with Gasteiger partial charge in [-0.2, -0.15) is 0 Å². The third-order valence-electron chi connectivity index (χ3n) is 4.53. The number of fused-ring (bicyclic) bond motifs is 1. The van der Waals surface area contributed by atoms with Crippen molar-refractivity contribution in [3.05, 3.63) is 62.5 Å². The molecule has 2 N–H and O–H groups in total. The van der Waals surface area contributed by atoms with Gasteiger partial charge in [0.1, 0.15) is 10.7 Å². The fourth-order valence-corrected chi connectivity index (χ4v) is 4.59. The number of thioether (sulfide) groups is 1. The lowest BCUT2D eigenvalue weighted by Crippen LogP contribution is -2.29. The van der Waals surface area contributed by atoms with Gasteiger partial charge in [-0.1, -0.05) is 37.3 Å². The highest BCUT2D eigenvalue weighted by atomic mass is 32.2. The summed E-state index contributed by atoms with van der Waals surface area (Å²) in [6, 6.07) is 10.1. The van der Waals surface area contributed by atoms with Crippen molar-refractivity contribution < 1.29 is 4.79 Å². The largest absolute Gasteiger partial charge is 0.355 e. The quantitative estimate of drug-likeness (QED) is 0.632. The molecule has 0 saturated carbocycles. The molecule has 0 spiro atoms. The molecule has 0 aliphatic rings. The molecule has 1 aromatic carbocycles. The van der Waals surface area contributed by atoms with Crippen molar-refractivity contribution in [1.29, 1.82) is 0 Å². The molecule has 3 rings (SSSR count). The van der Waals surface area contributed by atoms with E-state index >= 15 is 0 Å². The van der Waals surface area contributed by atoms with E-state index in [9.17, 15) is 9.59 Å². The Morgan fingerprint density at radius 2 is 2.04 bits per heavy atom. The number of H-pyrrole nitrogens is 1. The number of thiophene rings is 1. The first-order valence-corrected chi connectivity index (χ1v) is 10.8. The van der Waals surface area contributed by atoms with E-state index in [1.165, 1.54) is 28.7 Å². The number of amides is 1. The number of carbonyl (C=O) groups excluding carboxylic acids is 1. The minimum Gasteiger partial charge on any atom is -0.355 e. The van der Waals surface area contributed by atoms with E-state index in [0.717, 1.165) is 15.3 Å². The van der Waals surface area contributed by atoms with Gasteiger partial charge in [0.15, 0.2) is 0 Å². The molecule has 0 bridgehead atoms. The summed E-state index contributed by atoms with van der Waals surface area (Å²) in [5, 5.41) is 3.65. The second-order valence-corrected chi connectivity index (χ2v) is 8.77. The monoisotopic (exact) mass is 401 g/mol. The van der Waals surface area contributed by atoms with Crippen LogP contribution in [0.25, 0.3) is 10.2 Å². The number of aryl methyl sites for hydroxylation is 2. The summed E-state index contributed by atoms with van der Waals surface area (Å²) in [6.45, 7) is 6.65. The average Bonchev–Trinajstić information content (AvgIpc) is 2.94. The first-order chi connectivity index (χ1) is 13.0. The van der Waals surface area contributed by atoms with Gasteiger partial charge in [-0.3, -0.25) is 9.59 Å². The first kappa shape index (κ1) is 19.6. The minimum absolute atomic E-state index is 0.00554. The van der Waals surface area contributed by atoms with Crippen molar-refractivity contribution in [2.24, 2.45) is 0 Å². The Kier molecular flexibility index (Phi) is 6.34. The molecule has 0 aliphatic heterocycles. The molecule has 2 aromatic heterocycles. The van der Waals surface area contributed by atoms with Crippen LogP contribution < -0.4 is 10.9 Å². The summed E-state index contributed by atoms with van der Waals surface area (Å²) in [5.41, 5.74) is 2.11. The summed E-state index contributed by atoms with van der Waals surface area (Å²) in [5.74, 6) is 1.72. The van der Waals surface area contributed by atoms with E-state index in [1.54, 1.807) is 0 Å². The highest BCUT2D eigenvalue weighted by molar-refractivity contribution is 7.99. The van der Waals surface area contributed by atoms with E-state index in [4.69, 9.17) is 0 Å². The average molecular weight is 402 g/mol. The van der Waals surface area contributed by atoms with E-state index in [2.05, 4.69) is 34.3 Å². The smallest absolute Gasteiger partial charge is 0.259 e. The maximum atomic E-state index is 12.3. The zero-order valence-electron chi connectivity index (χ0n) is 15.7. The van der Waals surface area contributed by atoms with Gasteiger partial charge >= 0.3 is 0 Å². The van der Waals surface area contributed by atoms with Crippen molar-refractivity contribution in [2.75, 3.05) is 12.3 Å². The molecule has 2 heterocycles. The predicted octanol–water partition coefficient (Wildman–Crippen LogP) is 3.75. The van der Waals surface area contributed by atoms with Crippen LogP contribution in [0.5, 0.6) is 0 Å². The molecule has 0 aliphatic carbocycles. The molecule has 5 nitrogen and oxygen atoms in total. The van der Waals surface area contributed by atoms with E-state index in [-0.39, 0.29) is 17.4 Å². The molecular formula is C20H23N3O2S2. The van der Waals surface area contributed by atoms with Gasteiger partial charge in [0.05, 0.1) is 16.9 Å². The van der Waals surface area contributed by atoms with Crippen LogP contribution in [0.4, 0.5) is 0 Å². The first-order valence-electron chi connectivity index (χ1n) is 8.84. The second-order valence-electron chi connectivity index (χ2n) is 6.58. The Bertz CT molecular complexity index is 996. The summed E-state index contributed by atoms with van der Waals surface area (Å²) >= 11 is 2.99. The lowest BCUT2D eigenvalue weighted by Gasteiger charge is -2.12. The van der Waals surface area contributed by atoms with Crippen LogP contribution in [0, 0.1) is 13.8 Å². The summed E-state index contributed by atoms with van der Waals surface area (Å²) in [4.78, 5) is 33.6. The van der Waals surface area contributed by atoms with Crippen LogP contribution in [-0.4, -0.2) is 28.2 Å². The fraction of sp³-hybridized carbons (Fsp3) is 0.350. The van der Waals surface area contributed by atoms with Crippen molar-refractivity contribution in [3.63, 3.8) is 0 Å². The van der Waals surface area contributed by atoms with Gasteiger partial charge in [0.25, 0.3) is 5.56 Å². The Labute approximate surface area is 166 Å². The van der Waals surface area contributed by atoms with Crippen LogP contribution in [0.15, 0.2) is 35.1 Å². The molecular weight excluding hydrogens is 378 g/mol. The summed E-state index contributed by atoms with van der Waals surface area (Å²) in [7, 11) is 0. The highest BCUT2D eigenvalue weighted by Crippen LogP contribution is 2.26. The number of benzene rings is 1. The number of nitrogens with zero attached hydrogens (tertiary/aromatic N) is 1. The number of hydrogen-bond acceptors (Lipinski definition) is 5. The number of carbonyl (C=O) groups is 1. The number of nitrogens with one attached hydrogen (secondary N) is 2. The van der Waals surface area contributed by atoms with Gasteiger partial charge in [-0.05, 0) is 30.9 Å². The van der Waals surface area contributed by atoms with E-state index < -0.39 is 0 Å². The second kappa shape index (κ2) is 8.71. The van der Waals surface area contributed by atoms with Crippen LogP contribution >= 0.6 is 23.1 Å². The molecule has 3 aromatic rings. The van der Waals surface area contributed by atoms with Gasteiger partial charge in [-0.25, -0.2) is 4.98 Å². The predicted molar refractivity (Wildman–Crippen MR) is 114 cm³/mol. The van der Waals surface area contributed by atoms with Gasteiger partial charge in [-0.15, -0.1) is 23.1 Å². The van der Waals surface area contributed by atoms with Crippen LogP contribution in [-0.2, 0) is 10.5 Å². The molecule has 0 unspecified atom stereocenters. The Morgan fingerprint density at radius 1 is 1.30 bits per heavy atom. The fourth-order valence-electron chi connectivity index (χ4n) is 2.83. The molecule has 0 fully saturated rings. The van der Waals surface area contributed by atoms with Crippen molar-refractivity contribution >= 4 is 39.2 Å².